The summed E-state index contributed by atoms with van der Waals surface area (Å²) in [6, 6.07) is 17.3. The molecule has 2 heterocycles. The SMILES string of the molecule is COc1ccc([C@@H]2c3cc(OC)c(OC)cc3C[C@@H]3c4cc(OC)c(OC)cc4CCN23)cc1. The quantitative estimate of drug-likeness (QED) is 0.516. The number of rotatable bonds is 6. The Balaban J connectivity index is 1.68. The predicted octanol–water partition coefficient (Wildman–Crippen LogP) is 4.97. The maximum Gasteiger partial charge on any atom is 0.161 e. The van der Waals surface area contributed by atoms with E-state index in [4.69, 9.17) is 23.7 Å². The zero-order valence-corrected chi connectivity index (χ0v) is 20.4. The molecule has 0 unspecified atom stereocenters. The summed E-state index contributed by atoms with van der Waals surface area (Å²) in [5, 5.41) is 0. The summed E-state index contributed by atoms with van der Waals surface area (Å²) in [5.41, 5.74) is 6.35. The van der Waals surface area contributed by atoms with Gasteiger partial charge in [0.05, 0.1) is 41.6 Å². The third-order valence-electron chi connectivity index (χ3n) is 7.16. The van der Waals surface area contributed by atoms with Gasteiger partial charge in [0.2, 0.25) is 0 Å². The normalized spacial score (nSPS) is 18.9. The summed E-state index contributed by atoms with van der Waals surface area (Å²) >= 11 is 0. The van der Waals surface area contributed by atoms with E-state index in [-0.39, 0.29) is 12.1 Å². The van der Waals surface area contributed by atoms with Crippen LogP contribution >= 0.6 is 0 Å². The number of methoxy groups -OCH3 is 5. The average Bonchev–Trinajstić information content (AvgIpc) is 2.90. The Morgan fingerprint density at radius 1 is 0.647 bits per heavy atom. The predicted molar refractivity (Wildman–Crippen MR) is 131 cm³/mol. The van der Waals surface area contributed by atoms with E-state index in [0.717, 1.165) is 48.1 Å². The van der Waals surface area contributed by atoms with E-state index in [1.165, 1.54) is 27.8 Å². The van der Waals surface area contributed by atoms with Gasteiger partial charge in [-0.1, -0.05) is 12.1 Å². The summed E-state index contributed by atoms with van der Waals surface area (Å²) in [5.74, 6) is 3.91. The molecule has 178 valence electrons. The van der Waals surface area contributed by atoms with Crippen molar-refractivity contribution in [2.75, 3.05) is 42.1 Å². The van der Waals surface area contributed by atoms with Crippen LogP contribution in [0.25, 0.3) is 0 Å². The highest BCUT2D eigenvalue weighted by Crippen LogP contribution is 2.50. The Hall–Kier alpha value is -3.38. The number of hydrogen-bond acceptors (Lipinski definition) is 6. The molecular weight excluding hydrogens is 430 g/mol. The Kier molecular flexibility index (Phi) is 6.00. The molecule has 0 amide bonds. The second-order valence-corrected chi connectivity index (χ2v) is 8.70. The Morgan fingerprint density at radius 2 is 1.21 bits per heavy atom. The minimum Gasteiger partial charge on any atom is -0.497 e. The highest BCUT2D eigenvalue weighted by atomic mass is 16.5. The van der Waals surface area contributed by atoms with Gasteiger partial charge in [-0.2, -0.15) is 0 Å². The molecule has 6 heteroatoms. The lowest BCUT2D eigenvalue weighted by Crippen LogP contribution is -2.43. The third-order valence-corrected chi connectivity index (χ3v) is 7.16. The number of nitrogens with zero attached hydrogens (tertiary/aromatic N) is 1. The molecule has 3 aromatic carbocycles. The molecule has 34 heavy (non-hydrogen) atoms. The zero-order valence-electron chi connectivity index (χ0n) is 20.4. The summed E-state index contributed by atoms with van der Waals surface area (Å²) in [7, 11) is 8.46. The van der Waals surface area contributed by atoms with Gasteiger partial charge in [-0.3, -0.25) is 4.90 Å². The third kappa shape index (κ3) is 3.62. The highest BCUT2D eigenvalue weighted by Gasteiger charge is 2.40. The van der Waals surface area contributed by atoms with Crippen molar-refractivity contribution in [3.63, 3.8) is 0 Å². The van der Waals surface area contributed by atoms with Gasteiger partial charge in [0.15, 0.2) is 23.0 Å². The van der Waals surface area contributed by atoms with Crippen LogP contribution < -0.4 is 23.7 Å². The lowest BCUT2D eigenvalue weighted by molar-refractivity contribution is 0.128. The smallest absolute Gasteiger partial charge is 0.161 e. The zero-order chi connectivity index (χ0) is 23.8. The van der Waals surface area contributed by atoms with Crippen molar-refractivity contribution in [1.29, 1.82) is 0 Å². The Labute approximate surface area is 201 Å². The fraction of sp³-hybridized carbons (Fsp3) is 0.357. The van der Waals surface area contributed by atoms with Gasteiger partial charge in [0.25, 0.3) is 0 Å². The topological polar surface area (TPSA) is 49.4 Å². The molecule has 3 aromatic rings. The molecule has 0 radical (unpaired) electrons. The fourth-order valence-electron chi connectivity index (χ4n) is 5.50. The van der Waals surface area contributed by atoms with Crippen LogP contribution in [0.1, 0.15) is 39.9 Å². The van der Waals surface area contributed by atoms with E-state index in [1.54, 1.807) is 35.5 Å². The van der Waals surface area contributed by atoms with Crippen molar-refractivity contribution in [1.82, 2.24) is 4.90 Å². The van der Waals surface area contributed by atoms with Crippen LogP contribution in [0.5, 0.6) is 28.7 Å². The number of ether oxygens (including phenoxy) is 5. The van der Waals surface area contributed by atoms with Gasteiger partial charge < -0.3 is 23.7 Å². The molecule has 0 fully saturated rings. The van der Waals surface area contributed by atoms with Gasteiger partial charge >= 0.3 is 0 Å². The highest BCUT2D eigenvalue weighted by molar-refractivity contribution is 5.55. The van der Waals surface area contributed by atoms with Crippen LogP contribution in [0.2, 0.25) is 0 Å². The molecule has 0 saturated heterocycles. The lowest BCUT2D eigenvalue weighted by Gasteiger charge is -2.47. The summed E-state index contributed by atoms with van der Waals surface area (Å²) in [6.07, 6.45) is 1.83. The fourth-order valence-corrected chi connectivity index (χ4v) is 5.50. The molecule has 0 saturated carbocycles. The number of fused-ring (bicyclic) bond motifs is 4. The van der Waals surface area contributed by atoms with Crippen LogP contribution in [-0.4, -0.2) is 47.0 Å². The Bertz CT molecular complexity index is 1190. The van der Waals surface area contributed by atoms with Crippen LogP contribution in [0.15, 0.2) is 48.5 Å². The Morgan fingerprint density at radius 3 is 1.79 bits per heavy atom. The summed E-state index contributed by atoms with van der Waals surface area (Å²) in [6.45, 7) is 0.942. The van der Waals surface area contributed by atoms with Crippen LogP contribution in [-0.2, 0) is 12.8 Å². The van der Waals surface area contributed by atoms with Gasteiger partial charge in [-0.05, 0) is 77.1 Å². The van der Waals surface area contributed by atoms with Gasteiger partial charge in [-0.25, -0.2) is 0 Å². The lowest BCUT2D eigenvalue weighted by atomic mass is 9.78. The van der Waals surface area contributed by atoms with Crippen molar-refractivity contribution in [3.8, 4) is 28.7 Å². The van der Waals surface area contributed by atoms with E-state index in [0.29, 0.717) is 0 Å². The van der Waals surface area contributed by atoms with Gasteiger partial charge in [-0.15, -0.1) is 0 Å². The van der Waals surface area contributed by atoms with Crippen molar-refractivity contribution < 1.29 is 23.7 Å². The van der Waals surface area contributed by atoms with Crippen molar-refractivity contribution in [2.24, 2.45) is 0 Å². The molecule has 0 N–H and O–H groups in total. The van der Waals surface area contributed by atoms with E-state index >= 15 is 0 Å². The van der Waals surface area contributed by atoms with Gasteiger partial charge in [0.1, 0.15) is 5.75 Å². The monoisotopic (exact) mass is 461 g/mol. The molecule has 0 spiro atoms. The molecule has 0 bridgehead atoms. The first-order valence-electron chi connectivity index (χ1n) is 11.5. The number of hydrogen-bond donors (Lipinski definition) is 0. The molecule has 0 aromatic heterocycles. The second kappa shape index (κ2) is 9.11. The molecule has 2 aliphatic heterocycles. The van der Waals surface area contributed by atoms with Crippen LogP contribution in [0, 0.1) is 0 Å². The van der Waals surface area contributed by atoms with E-state index in [1.807, 2.05) is 12.1 Å². The van der Waals surface area contributed by atoms with E-state index < -0.39 is 0 Å². The van der Waals surface area contributed by atoms with Crippen LogP contribution in [0.4, 0.5) is 0 Å². The molecular formula is C28H31NO5. The first kappa shape index (κ1) is 22.4. The molecule has 6 nitrogen and oxygen atoms in total. The van der Waals surface area contributed by atoms with Crippen molar-refractivity contribution in [3.05, 3.63) is 76.3 Å². The minimum absolute atomic E-state index is 0.0840. The molecule has 2 aliphatic rings. The molecule has 5 rings (SSSR count). The van der Waals surface area contributed by atoms with Crippen molar-refractivity contribution in [2.45, 2.75) is 24.9 Å². The van der Waals surface area contributed by atoms with Crippen LogP contribution in [0.3, 0.4) is 0 Å². The maximum atomic E-state index is 5.68. The van der Waals surface area contributed by atoms with Crippen molar-refractivity contribution >= 4 is 0 Å². The average molecular weight is 462 g/mol. The largest absolute Gasteiger partial charge is 0.497 e. The molecule has 2 atom stereocenters. The van der Waals surface area contributed by atoms with E-state index in [2.05, 4.69) is 41.3 Å². The molecule has 0 aliphatic carbocycles. The summed E-state index contributed by atoms with van der Waals surface area (Å²) < 4.78 is 28.0. The maximum absolute atomic E-state index is 5.68. The first-order chi connectivity index (χ1) is 16.6. The standard InChI is InChI=1S/C28H31NO5/c1-30-20-8-6-17(7-9-20)28-22-16-27(34-5)25(32-3)14-19(22)12-23-21-15-26(33-4)24(31-2)13-18(21)10-11-29(23)28/h6-9,13-16,23,28H,10-12H2,1-5H3/t23-,28-/m1/s1. The summed E-state index contributed by atoms with van der Waals surface area (Å²) in [4.78, 5) is 2.60. The first-order valence-corrected chi connectivity index (χ1v) is 11.5. The minimum atomic E-state index is 0.0840. The second-order valence-electron chi connectivity index (χ2n) is 8.70. The number of benzene rings is 3. The van der Waals surface area contributed by atoms with Gasteiger partial charge in [0, 0.05) is 12.6 Å². The van der Waals surface area contributed by atoms with E-state index in [9.17, 15) is 0 Å².